The van der Waals surface area contributed by atoms with Crippen molar-refractivity contribution in [2.75, 3.05) is 13.1 Å². The van der Waals surface area contributed by atoms with E-state index in [1.165, 1.54) is 6.07 Å². The number of hydrogen-bond acceptors (Lipinski definition) is 4. The van der Waals surface area contributed by atoms with Crippen molar-refractivity contribution >= 4 is 37.8 Å². The second-order valence-electron chi connectivity index (χ2n) is 5.20. The van der Waals surface area contributed by atoms with Crippen LogP contribution in [-0.2, 0) is 19.6 Å². The molecule has 0 heterocycles. The summed E-state index contributed by atoms with van der Waals surface area (Å²) in [4.78, 5) is 23.1. The third kappa shape index (κ3) is 5.92. The molecule has 0 unspecified atom stereocenters. The van der Waals surface area contributed by atoms with Gasteiger partial charge in [0, 0.05) is 23.5 Å². The Bertz CT molecular complexity index is 689. The number of amides is 2. The van der Waals surface area contributed by atoms with E-state index in [-0.39, 0.29) is 42.3 Å². The largest absolute Gasteiger partial charge is 0.352 e. The Labute approximate surface area is 143 Å². The molecule has 0 aromatic heterocycles. The highest BCUT2D eigenvalue weighted by Crippen LogP contribution is 2.20. The van der Waals surface area contributed by atoms with E-state index in [1.54, 1.807) is 18.2 Å². The van der Waals surface area contributed by atoms with Crippen molar-refractivity contribution in [3.05, 3.63) is 28.7 Å². The smallest absolute Gasteiger partial charge is 0.241 e. The number of rotatable bonds is 8. The molecule has 9 heteroatoms. The fourth-order valence-electron chi connectivity index (χ4n) is 1.81. The summed E-state index contributed by atoms with van der Waals surface area (Å²) in [6.45, 7) is -0.133. The molecule has 7 nitrogen and oxygen atoms in total. The van der Waals surface area contributed by atoms with Crippen LogP contribution < -0.4 is 15.4 Å². The first-order valence-corrected chi connectivity index (χ1v) is 9.46. The molecule has 0 saturated heterocycles. The predicted molar refractivity (Wildman–Crippen MR) is 88.1 cm³/mol. The highest BCUT2D eigenvalue weighted by Gasteiger charge is 2.23. The highest BCUT2D eigenvalue weighted by molar-refractivity contribution is 9.10. The lowest BCUT2D eigenvalue weighted by molar-refractivity contribution is -0.126. The number of carbonyl (C=O) groups is 2. The molecular weight excluding hydrogens is 386 g/mol. The van der Waals surface area contributed by atoms with E-state index < -0.39 is 10.0 Å². The summed E-state index contributed by atoms with van der Waals surface area (Å²) in [6, 6.07) is 6.66. The van der Waals surface area contributed by atoms with Gasteiger partial charge in [0.1, 0.15) is 0 Å². The van der Waals surface area contributed by atoms with Gasteiger partial charge in [-0.2, -0.15) is 0 Å². The maximum atomic E-state index is 12.1. The van der Waals surface area contributed by atoms with Crippen molar-refractivity contribution in [1.82, 2.24) is 15.4 Å². The molecule has 3 N–H and O–H groups in total. The molecule has 1 aromatic carbocycles. The Morgan fingerprint density at radius 1 is 1.17 bits per heavy atom. The van der Waals surface area contributed by atoms with Gasteiger partial charge in [-0.05, 0) is 40.9 Å². The summed E-state index contributed by atoms with van der Waals surface area (Å²) in [5, 5.41) is 5.20. The third-order valence-electron chi connectivity index (χ3n) is 3.16. The summed E-state index contributed by atoms with van der Waals surface area (Å²) >= 11 is 3.18. The molecule has 1 aromatic rings. The minimum atomic E-state index is -3.68. The van der Waals surface area contributed by atoms with Crippen LogP contribution >= 0.6 is 15.9 Å². The summed E-state index contributed by atoms with van der Waals surface area (Å²) in [5.74, 6) is -0.611. The average Bonchev–Trinajstić information content (AvgIpc) is 3.29. The van der Waals surface area contributed by atoms with Gasteiger partial charge in [0.25, 0.3) is 0 Å². The molecule has 1 aliphatic carbocycles. The van der Waals surface area contributed by atoms with Crippen molar-refractivity contribution in [1.29, 1.82) is 0 Å². The van der Waals surface area contributed by atoms with Crippen LogP contribution in [0.1, 0.15) is 19.3 Å². The Morgan fingerprint density at radius 3 is 2.52 bits per heavy atom. The van der Waals surface area contributed by atoms with E-state index in [4.69, 9.17) is 0 Å². The molecular formula is C14H18BrN3O4S. The van der Waals surface area contributed by atoms with Crippen molar-refractivity contribution in [2.24, 2.45) is 0 Å². The minimum absolute atomic E-state index is 0.0413. The van der Waals surface area contributed by atoms with Crippen molar-refractivity contribution in [3.63, 3.8) is 0 Å². The predicted octanol–water partition coefficient (Wildman–Crippen LogP) is 0.512. The summed E-state index contributed by atoms with van der Waals surface area (Å²) in [7, 11) is -3.68. The molecule has 126 valence electrons. The van der Waals surface area contributed by atoms with Gasteiger partial charge in [0.05, 0.1) is 11.4 Å². The van der Waals surface area contributed by atoms with E-state index in [0.717, 1.165) is 12.8 Å². The van der Waals surface area contributed by atoms with E-state index >= 15 is 0 Å². The molecule has 1 fully saturated rings. The Hall–Kier alpha value is -1.45. The minimum Gasteiger partial charge on any atom is -0.352 e. The van der Waals surface area contributed by atoms with Gasteiger partial charge < -0.3 is 10.6 Å². The van der Waals surface area contributed by atoms with Gasteiger partial charge in [-0.3, -0.25) is 9.59 Å². The molecule has 0 radical (unpaired) electrons. The first-order chi connectivity index (χ1) is 10.9. The molecule has 1 aliphatic rings. The number of benzene rings is 1. The zero-order valence-corrected chi connectivity index (χ0v) is 14.7. The van der Waals surface area contributed by atoms with Crippen LogP contribution in [0.5, 0.6) is 0 Å². The van der Waals surface area contributed by atoms with Gasteiger partial charge >= 0.3 is 0 Å². The molecule has 0 atom stereocenters. The van der Waals surface area contributed by atoms with Crippen molar-refractivity contribution < 1.29 is 18.0 Å². The van der Waals surface area contributed by atoms with Gasteiger partial charge in [-0.15, -0.1) is 0 Å². The molecule has 0 bridgehead atoms. The lowest BCUT2D eigenvalue weighted by Crippen LogP contribution is -2.39. The second-order valence-corrected chi connectivity index (χ2v) is 7.79. The van der Waals surface area contributed by atoms with Crippen LogP contribution in [0, 0.1) is 0 Å². The molecule has 0 aliphatic heterocycles. The first kappa shape index (κ1) is 17.9. The zero-order valence-electron chi connectivity index (χ0n) is 12.3. The first-order valence-electron chi connectivity index (χ1n) is 7.19. The van der Waals surface area contributed by atoms with Crippen LogP contribution in [0.15, 0.2) is 33.6 Å². The van der Waals surface area contributed by atoms with Gasteiger partial charge in [-0.25, -0.2) is 13.1 Å². The van der Waals surface area contributed by atoms with Crippen molar-refractivity contribution in [2.45, 2.75) is 30.2 Å². The number of carbonyl (C=O) groups excluding carboxylic acids is 2. The topological polar surface area (TPSA) is 104 Å². The van der Waals surface area contributed by atoms with E-state index in [1.807, 2.05) is 0 Å². The molecule has 23 heavy (non-hydrogen) atoms. The summed E-state index contributed by atoms with van der Waals surface area (Å²) < 4.78 is 27.0. The molecule has 2 amide bonds. The molecule has 0 spiro atoms. The highest BCUT2D eigenvalue weighted by atomic mass is 79.9. The average molecular weight is 404 g/mol. The van der Waals surface area contributed by atoms with Gasteiger partial charge in [-0.1, -0.05) is 12.1 Å². The fourth-order valence-corrected chi connectivity index (χ4v) is 3.85. The van der Waals surface area contributed by atoms with Crippen LogP contribution in [0.2, 0.25) is 0 Å². The Balaban J connectivity index is 1.72. The normalized spacial score (nSPS) is 14.3. The van der Waals surface area contributed by atoms with Gasteiger partial charge in [0.15, 0.2) is 0 Å². The Kier molecular flexibility index (Phi) is 6.14. The van der Waals surface area contributed by atoms with Crippen molar-refractivity contribution in [3.8, 4) is 0 Å². The van der Waals surface area contributed by atoms with Crippen LogP contribution in [0.4, 0.5) is 0 Å². The monoisotopic (exact) mass is 403 g/mol. The molecule has 2 rings (SSSR count). The van der Waals surface area contributed by atoms with Crippen LogP contribution in [0.3, 0.4) is 0 Å². The summed E-state index contributed by atoms with van der Waals surface area (Å²) in [6.07, 6.45) is 1.92. The number of halogens is 1. The standard InChI is InChI=1S/C14H18BrN3O4S/c15-11-3-1-2-4-12(11)23(21,22)17-8-7-13(19)16-9-14(20)18-10-5-6-10/h1-4,10,17H,5-9H2,(H,16,19)(H,18,20). The number of sulfonamides is 1. The van der Waals surface area contributed by atoms with Crippen LogP contribution in [0.25, 0.3) is 0 Å². The summed E-state index contributed by atoms with van der Waals surface area (Å²) in [5.41, 5.74) is 0. The Morgan fingerprint density at radius 2 is 1.87 bits per heavy atom. The SMILES string of the molecule is O=C(CCNS(=O)(=O)c1ccccc1Br)NCC(=O)NC1CC1. The van der Waals surface area contributed by atoms with E-state index in [0.29, 0.717) is 4.47 Å². The lowest BCUT2D eigenvalue weighted by Gasteiger charge is -2.09. The van der Waals surface area contributed by atoms with Gasteiger partial charge in [0.2, 0.25) is 21.8 Å². The second kappa shape index (κ2) is 7.89. The molecule has 1 saturated carbocycles. The maximum Gasteiger partial charge on any atom is 0.241 e. The third-order valence-corrected chi connectivity index (χ3v) is 5.63. The zero-order chi connectivity index (χ0) is 16.9. The maximum absolute atomic E-state index is 12.1. The fraction of sp³-hybridized carbons (Fsp3) is 0.429. The van der Waals surface area contributed by atoms with E-state index in [2.05, 4.69) is 31.3 Å². The quantitative estimate of drug-likeness (QED) is 0.587. The number of nitrogens with one attached hydrogen (secondary N) is 3. The van der Waals surface area contributed by atoms with E-state index in [9.17, 15) is 18.0 Å². The number of hydrogen-bond donors (Lipinski definition) is 3. The lowest BCUT2D eigenvalue weighted by atomic mass is 10.4. The van der Waals surface area contributed by atoms with Crippen LogP contribution in [-0.4, -0.2) is 39.4 Å².